The van der Waals surface area contributed by atoms with Crippen LogP contribution in [0, 0.1) is 12.7 Å². The number of benzene rings is 2. The molecule has 4 heteroatoms. The van der Waals surface area contributed by atoms with Gasteiger partial charge in [0.2, 0.25) is 0 Å². The van der Waals surface area contributed by atoms with Gasteiger partial charge in [-0.25, -0.2) is 4.39 Å². The van der Waals surface area contributed by atoms with E-state index in [1.807, 2.05) is 6.92 Å². The molecule has 1 saturated heterocycles. The Kier molecular flexibility index (Phi) is 6.40. The van der Waals surface area contributed by atoms with Gasteiger partial charge >= 0.3 is 0 Å². The SMILES string of the molecule is Cc1ccc(F)cc1C(=O)NCc1ccc(CN2CCCCCC2)cc1. The predicted octanol–water partition coefficient (Wildman–Crippen LogP) is 4.44. The monoisotopic (exact) mass is 354 g/mol. The number of carbonyl (C=O) groups is 1. The number of hydrogen-bond donors (Lipinski definition) is 1. The summed E-state index contributed by atoms with van der Waals surface area (Å²) in [6.45, 7) is 5.62. The molecule has 1 fully saturated rings. The van der Waals surface area contributed by atoms with E-state index in [2.05, 4.69) is 34.5 Å². The van der Waals surface area contributed by atoms with Gasteiger partial charge in [0.15, 0.2) is 0 Å². The Balaban J connectivity index is 1.54. The van der Waals surface area contributed by atoms with Crippen LogP contribution in [0.1, 0.15) is 52.7 Å². The van der Waals surface area contributed by atoms with Crippen LogP contribution in [0.25, 0.3) is 0 Å². The minimum atomic E-state index is -0.390. The first-order valence-corrected chi connectivity index (χ1v) is 9.46. The normalized spacial score (nSPS) is 15.5. The average Bonchev–Trinajstić information content (AvgIpc) is 2.91. The lowest BCUT2D eigenvalue weighted by Crippen LogP contribution is -2.24. The first kappa shape index (κ1) is 18.6. The molecule has 0 radical (unpaired) electrons. The number of hydrogen-bond acceptors (Lipinski definition) is 2. The number of rotatable bonds is 5. The van der Waals surface area contributed by atoms with Gasteiger partial charge in [-0.15, -0.1) is 0 Å². The van der Waals surface area contributed by atoms with E-state index in [0.29, 0.717) is 12.1 Å². The molecule has 1 amide bonds. The van der Waals surface area contributed by atoms with E-state index in [1.54, 1.807) is 6.07 Å². The molecule has 3 rings (SSSR count). The molecule has 0 unspecified atom stereocenters. The smallest absolute Gasteiger partial charge is 0.251 e. The second-order valence-corrected chi connectivity index (χ2v) is 7.15. The highest BCUT2D eigenvalue weighted by atomic mass is 19.1. The van der Waals surface area contributed by atoms with Crippen molar-refractivity contribution in [3.63, 3.8) is 0 Å². The summed E-state index contributed by atoms with van der Waals surface area (Å²) in [5, 5.41) is 2.88. The van der Waals surface area contributed by atoms with Crippen LogP contribution in [0.2, 0.25) is 0 Å². The van der Waals surface area contributed by atoms with Gasteiger partial charge in [-0.3, -0.25) is 9.69 Å². The molecule has 2 aromatic rings. The molecule has 26 heavy (non-hydrogen) atoms. The number of aryl methyl sites for hydroxylation is 1. The van der Waals surface area contributed by atoms with E-state index >= 15 is 0 Å². The van der Waals surface area contributed by atoms with Crippen molar-refractivity contribution < 1.29 is 9.18 Å². The van der Waals surface area contributed by atoms with Crippen LogP contribution in [-0.2, 0) is 13.1 Å². The molecule has 0 aromatic heterocycles. The summed E-state index contributed by atoms with van der Waals surface area (Å²) in [4.78, 5) is 14.8. The summed E-state index contributed by atoms with van der Waals surface area (Å²) in [5.41, 5.74) is 3.52. The number of amides is 1. The topological polar surface area (TPSA) is 32.3 Å². The first-order valence-electron chi connectivity index (χ1n) is 9.46. The van der Waals surface area contributed by atoms with E-state index in [4.69, 9.17) is 0 Å². The van der Waals surface area contributed by atoms with Crippen LogP contribution in [-0.4, -0.2) is 23.9 Å². The van der Waals surface area contributed by atoms with Crippen molar-refractivity contribution in [3.8, 4) is 0 Å². The lowest BCUT2D eigenvalue weighted by atomic mass is 10.1. The standard InChI is InChI=1S/C22H27FN2O/c1-17-6-11-20(23)14-21(17)22(26)24-15-18-7-9-19(10-8-18)16-25-12-4-2-3-5-13-25/h6-11,14H,2-5,12-13,15-16H2,1H3,(H,24,26). The maximum Gasteiger partial charge on any atom is 0.251 e. The molecule has 138 valence electrons. The van der Waals surface area contributed by atoms with Crippen molar-refractivity contribution in [2.24, 2.45) is 0 Å². The number of likely N-dealkylation sites (tertiary alicyclic amines) is 1. The van der Waals surface area contributed by atoms with Gasteiger partial charge in [0, 0.05) is 18.7 Å². The molecular formula is C22H27FN2O. The number of halogens is 1. The van der Waals surface area contributed by atoms with Gasteiger partial charge in [-0.05, 0) is 61.7 Å². The zero-order chi connectivity index (χ0) is 18.4. The summed E-state index contributed by atoms with van der Waals surface area (Å²) in [6, 6.07) is 12.7. The zero-order valence-corrected chi connectivity index (χ0v) is 15.4. The summed E-state index contributed by atoms with van der Waals surface area (Å²) in [7, 11) is 0. The molecule has 0 bridgehead atoms. The molecule has 2 aromatic carbocycles. The Labute approximate surface area is 155 Å². The molecule has 1 N–H and O–H groups in total. The minimum Gasteiger partial charge on any atom is -0.348 e. The molecule has 3 nitrogen and oxygen atoms in total. The Hall–Kier alpha value is -2.20. The summed E-state index contributed by atoms with van der Waals surface area (Å²) in [5.74, 6) is -0.630. The number of carbonyl (C=O) groups excluding carboxylic acids is 1. The van der Waals surface area contributed by atoms with Crippen molar-refractivity contribution in [1.82, 2.24) is 10.2 Å². The van der Waals surface area contributed by atoms with Crippen LogP contribution in [0.3, 0.4) is 0 Å². The van der Waals surface area contributed by atoms with Gasteiger partial charge < -0.3 is 5.32 Å². The van der Waals surface area contributed by atoms with Crippen LogP contribution in [0.4, 0.5) is 4.39 Å². The van der Waals surface area contributed by atoms with E-state index in [0.717, 1.165) is 17.7 Å². The molecule has 1 aliphatic rings. The van der Waals surface area contributed by atoms with Gasteiger partial charge in [0.1, 0.15) is 5.82 Å². The maximum atomic E-state index is 13.3. The Morgan fingerprint density at radius 1 is 1.00 bits per heavy atom. The second-order valence-electron chi connectivity index (χ2n) is 7.15. The van der Waals surface area contributed by atoms with Crippen LogP contribution >= 0.6 is 0 Å². The van der Waals surface area contributed by atoms with E-state index in [-0.39, 0.29) is 5.91 Å². The largest absolute Gasteiger partial charge is 0.348 e. The van der Waals surface area contributed by atoms with E-state index < -0.39 is 5.82 Å². The molecule has 0 atom stereocenters. The third kappa shape index (κ3) is 5.15. The number of nitrogens with one attached hydrogen (secondary N) is 1. The van der Waals surface area contributed by atoms with Crippen LogP contribution < -0.4 is 5.32 Å². The van der Waals surface area contributed by atoms with Crippen LogP contribution in [0.5, 0.6) is 0 Å². The molecule has 1 aliphatic heterocycles. The fourth-order valence-electron chi connectivity index (χ4n) is 3.43. The molecule has 1 heterocycles. The van der Waals surface area contributed by atoms with Crippen molar-refractivity contribution in [1.29, 1.82) is 0 Å². The van der Waals surface area contributed by atoms with Crippen molar-refractivity contribution in [3.05, 3.63) is 70.5 Å². The lowest BCUT2D eigenvalue weighted by Gasteiger charge is -2.19. The Morgan fingerprint density at radius 3 is 2.35 bits per heavy atom. The maximum absolute atomic E-state index is 13.3. The van der Waals surface area contributed by atoms with Gasteiger partial charge in [-0.2, -0.15) is 0 Å². The summed E-state index contributed by atoms with van der Waals surface area (Å²) in [6.07, 6.45) is 5.28. The Morgan fingerprint density at radius 2 is 1.65 bits per heavy atom. The molecule has 0 saturated carbocycles. The summed E-state index contributed by atoms with van der Waals surface area (Å²) < 4.78 is 13.3. The molecular weight excluding hydrogens is 327 g/mol. The minimum absolute atomic E-state index is 0.240. The van der Waals surface area contributed by atoms with Gasteiger partial charge in [0.05, 0.1) is 0 Å². The molecule has 0 spiro atoms. The van der Waals surface area contributed by atoms with Gasteiger partial charge in [-0.1, -0.05) is 43.2 Å². The highest BCUT2D eigenvalue weighted by molar-refractivity contribution is 5.95. The lowest BCUT2D eigenvalue weighted by molar-refractivity contribution is 0.0950. The predicted molar refractivity (Wildman–Crippen MR) is 102 cm³/mol. The fraction of sp³-hybridized carbons (Fsp3) is 0.409. The van der Waals surface area contributed by atoms with Crippen molar-refractivity contribution in [2.75, 3.05) is 13.1 Å². The van der Waals surface area contributed by atoms with Crippen molar-refractivity contribution >= 4 is 5.91 Å². The van der Waals surface area contributed by atoms with E-state index in [1.165, 1.54) is 56.5 Å². The first-order chi connectivity index (χ1) is 12.6. The van der Waals surface area contributed by atoms with E-state index in [9.17, 15) is 9.18 Å². The Bertz CT molecular complexity index is 734. The highest BCUT2D eigenvalue weighted by Crippen LogP contribution is 2.14. The summed E-state index contributed by atoms with van der Waals surface area (Å²) >= 11 is 0. The highest BCUT2D eigenvalue weighted by Gasteiger charge is 2.11. The van der Waals surface area contributed by atoms with Crippen LogP contribution in [0.15, 0.2) is 42.5 Å². The molecule has 0 aliphatic carbocycles. The third-order valence-electron chi connectivity index (χ3n) is 5.03. The third-order valence-corrected chi connectivity index (χ3v) is 5.03. The fourth-order valence-corrected chi connectivity index (χ4v) is 3.43. The zero-order valence-electron chi connectivity index (χ0n) is 15.4. The average molecular weight is 354 g/mol. The number of nitrogens with zero attached hydrogens (tertiary/aromatic N) is 1. The van der Waals surface area contributed by atoms with Gasteiger partial charge in [0.25, 0.3) is 5.91 Å². The van der Waals surface area contributed by atoms with Crippen molar-refractivity contribution in [2.45, 2.75) is 45.7 Å². The quantitative estimate of drug-likeness (QED) is 0.861. The second kappa shape index (κ2) is 8.95.